The molecule has 2 rings (SSSR count). The zero-order valence-corrected chi connectivity index (χ0v) is 8.37. The summed E-state index contributed by atoms with van der Waals surface area (Å²) in [5.41, 5.74) is 6.93. The van der Waals surface area contributed by atoms with Crippen LogP contribution in [0, 0.1) is 18.3 Å². The lowest BCUT2D eigenvalue weighted by molar-refractivity contribution is 0.369. The maximum Gasteiger partial charge on any atom is 0.140 e. The molecular formula is C10H16N2O. The molecular weight excluding hydrogens is 164 g/mol. The van der Waals surface area contributed by atoms with Gasteiger partial charge >= 0.3 is 0 Å². The summed E-state index contributed by atoms with van der Waals surface area (Å²) in [4.78, 5) is 0. The van der Waals surface area contributed by atoms with Crippen molar-refractivity contribution in [3.8, 4) is 0 Å². The number of rotatable bonds is 2. The maximum absolute atomic E-state index is 5.68. The van der Waals surface area contributed by atoms with Crippen LogP contribution < -0.4 is 5.73 Å². The molecule has 1 heterocycles. The smallest absolute Gasteiger partial charge is 0.140 e. The standard InChI is InChI=1S/C10H16N2O/c1-6-4-8(13-12-6)9-7(5-11)10(9,2)3/h4,7,9H,5,11H2,1-3H3/t7-,9+/m0/s1. The number of aromatic nitrogens is 1. The monoisotopic (exact) mass is 180 g/mol. The van der Waals surface area contributed by atoms with E-state index in [9.17, 15) is 0 Å². The number of nitrogens with two attached hydrogens (primary N) is 1. The van der Waals surface area contributed by atoms with Gasteiger partial charge in [-0.2, -0.15) is 0 Å². The molecule has 72 valence electrons. The summed E-state index contributed by atoms with van der Waals surface area (Å²) in [5.74, 6) is 2.02. The molecule has 0 radical (unpaired) electrons. The first-order valence-electron chi connectivity index (χ1n) is 4.70. The average molecular weight is 180 g/mol. The van der Waals surface area contributed by atoms with Gasteiger partial charge in [-0.15, -0.1) is 0 Å². The highest BCUT2D eigenvalue weighted by atomic mass is 16.5. The highest BCUT2D eigenvalue weighted by Crippen LogP contribution is 2.63. The molecule has 0 unspecified atom stereocenters. The molecule has 1 aliphatic rings. The zero-order valence-electron chi connectivity index (χ0n) is 8.37. The number of aryl methyl sites for hydroxylation is 1. The van der Waals surface area contributed by atoms with Gasteiger partial charge < -0.3 is 10.3 Å². The van der Waals surface area contributed by atoms with Crippen molar-refractivity contribution in [2.75, 3.05) is 6.54 Å². The molecule has 2 atom stereocenters. The van der Waals surface area contributed by atoms with E-state index < -0.39 is 0 Å². The van der Waals surface area contributed by atoms with E-state index in [1.54, 1.807) is 0 Å². The van der Waals surface area contributed by atoms with Gasteiger partial charge in [-0.1, -0.05) is 19.0 Å². The van der Waals surface area contributed by atoms with Gasteiger partial charge in [-0.3, -0.25) is 0 Å². The molecule has 1 saturated carbocycles. The molecule has 1 fully saturated rings. The summed E-state index contributed by atoms with van der Waals surface area (Å²) < 4.78 is 5.25. The molecule has 3 nitrogen and oxygen atoms in total. The molecule has 0 amide bonds. The fourth-order valence-electron chi connectivity index (χ4n) is 2.28. The first-order chi connectivity index (χ1) is 6.07. The topological polar surface area (TPSA) is 52.0 Å². The first kappa shape index (κ1) is 8.75. The molecule has 1 aliphatic carbocycles. The van der Waals surface area contributed by atoms with E-state index in [0.29, 0.717) is 17.3 Å². The Morgan fingerprint density at radius 1 is 1.62 bits per heavy atom. The number of hydrogen-bond donors (Lipinski definition) is 1. The Morgan fingerprint density at radius 3 is 2.69 bits per heavy atom. The third-order valence-corrected chi connectivity index (χ3v) is 3.26. The van der Waals surface area contributed by atoms with Crippen LogP contribution in [0.2, 0.25) is 0 Å². The van der Waals surface area contributed by atoms with Crippen LogP contribution >= 0.6 is 0 Å². The summed E-state index contributed by atoms with van der Waals surface area (Å²) in [6.07, 6.45) is 0. The van der Waals surface area contributed by atoms with Crippen LogP contribution in [0.4, 0.5) is 0 Å². The second-order valence-corrected chi connectivity index (χ2v) is 4.51. The van der Waals surface area contributed by atoms with E-state index in [-0.39, 0.29) is 0 Å². The quantitative estimate of drug-likeness (QED) is 0.753. The third kappa shape index (κ3) is 1.18. The second kappa shape index (κ2) is 2.58. The molecule has 1 aromatic rings. The summed E-state index contributed by atoms with van der Waals surface area (Å²) in [6, 6.07) is 2.02. The fraction of sp³-hybridized carbons (Fsp3) is 0.700. The summed E-state index contributed by atoms with van der Waals surface area (Å²) >= 11 is 0. The van der Waals surface area contributed by atoms with Crippen molar-refractivity contribution < 1.29 is 4.52 Å². The predicted molar refractivity (Wildman–Crippen MR) is 50.3 cm³/mol. The Balaban J connectivity index is 2.21. The zero-order chi connectivity index (χ0) is 9.64. The van der Waals surface area contributed by atoms with Gasteiger partial charge in [0.1, 0.15) is 5.76 Å². The van der Waals surface area contributed by atoms with Crippen molar-refractivity contribution in [3.63, 3.8) is 0 Å². The van der Waals surface area contributed by atoms with Crippen molar-refractivity contribution in [1.82, 2.24) is 5.16 Å². The lowest BCUT2D eigenvalue weighted by Gasteiger charge is -1.97. The van der Waals surface area contributed by atoms with Crippen LogP contribution in [0.25, 0.3) is 0 Å². The SMILES string of the molecule is Cc1cc([C@H]2[C@H](CN)C2(C)C)on1. The normalized spacial score (nSPS) is 30.5. The molecule has 0 spiro atoms. The Morgan fingerprint density at radius 2 is 2.31 bits per heavy atom. The Hall–Kier alpha value is -0.830. The fourth-order valence-corrected chi connectivity index (χ4v) is 2.28. The molecule has 0 saturated heterocycles. The van der Waals surface area contributed by atoms with Crippen molar-refractivity contribution in [2.24, 2.45) is 17.1 Å². The van der Waals surface area contributed by atoms with Crippen molar-refractivity contribution >= 4 is 0 Å². The minimum absolute atomic E-state index is 0.292. The van der Waals surface area contributed by atoms with Gasteiger partial charge in [0.25, 0.3) is 0 Å². The minimum atomic E-state index is 0.292. The third-order valence-electron chi connectivity index (χ3n) is 3.26. The van der Waals surface area contributed by atoms with Crippen LogP contribution in [0.1, 0.15) is 31.2 Å². The number of nitrogens with zero attached hydrogens (tertiary/aromatic N) is 1. The van der Waals surface area contributed by atoms with Crippen molar-refractivity contribution in [2.45, 2.75) is 26.7 Å². The average Bonchev–Trinajstić information content (AvgIpc) is 2.41. The van der Waals surface area contributed by atoms with Gasteiger partial charge in [-0.05, 0) is 24.8 Å². The van der Waals surface area contributed by atoms with E-state index in [2.05, 4.69) is 19.0 Å². The minimum Gasteiger partial charge on any atom is -0.361 e. The summed E-state index contributed by atoms with van der Waals surface area (Å²) in [5, 5.41) is 3.90. The van der Waals surface area contributed by atoms with Crippen molar-refractivity contribution in [1.29, 1.82) is 0 Å². The van der Waals surface area contributed by atoms with Gasteiger partial charge in [-0.25, -0.2) is 0 Å². The number of hydrogen-bond acceptors (Lipinski definition) is 3. The van der Waals surface area contributed by atoms with E-state index in [4.69, 9.17) is 10.3 Å². The van der Waals surface area contributed by atoms with Crippen molar-refractivity contribution in [3.05, 3.63) is 17.5 Å². The highest BCUT2D eigenvalue weighted by molar-refractivity contribution is 5.25. The molecule has 2 N–H and O–H groups in total. The first-order valence-corrected chi connectivity index (χ1v) is 4.70. The predicted octanol–water partition coefficient (Wildman–Crippen LogP) is 1.68. The van der Waals surface area contributed by atoms with Gasteiger partial charge in [0, 0.05) is 12.0 Å². The Labute approximate surface area is 78.3 Å². The Kier molecular flexibility index (Phi) is 1.74. The molecule has 0 aromatic carbocycles. The molecule has 1 aromatic heterocycles. The lowest BCUT2D eigenvalue weighted by Crippen LogP contribution is -2.05. The lowest BCUT2D eigenvalue weighted by atomic mass is 10.1. The van der Waals surface area contributed by atoms with Gasteiger partial charge in [0.15, 0.2) is 0 Å². The molecule has 0 aliphatic heterocycles. The molecule has 0 bridgehead atoms. The van der Waals surface area contributed by atoms with E-state index >= 15 is 0 Å². The molecule has 3 heteroatoms. The summed E-state index contributed by atoms with van der Waals surface area (Å²) in [7, 11) is 0. The summed E-state index contributed by atoms with van der Waals surface area (Å²) in [6.45, 7) is 7.14. The van der Waals surface area contributed by atoms with Gasteiger partial charge in [0.2, 0.25) is 0 Å². The van der Waals surface area contributed by atoms with E-state index in [1.165, 1.54) is 0 Å². The highest BCUT2D eigenvalue weighted by Gasteiger charge is 2.59. The Bertz CT molecular complexity index is 316. The van der Waals surface area contributed by atoms with E-state index in [0.717, 1.165) is 18.0 Å². The largest absolute Gasteiger partial charge is 0.361 e. The van der Waals surface area contributed by atoms with Crippen LogP contribution in [0.15, 0.2) is 10.6 Å². The van der Waals surface area contributed by atoms with E-state index in [1.807, 2.05) is 13.0 Å². The van der Waals surface area contributed by atoms with Crippen LogP contribution in [-0.2, 0) is 0 Å². The molecule has 13 heavy (non-hydrogen) atoms. The second-order valence-electron chi connectivity index (χ2n) is 4.51. The maximum atomic E-state index is 5.68. The van der Waals surface area contributed by atoms with Crippen LogP contribution in [-0.4, -0.2) is 11.7 Å². The van der Waals surface area contributed by atoms with Crippen LogP contribution in [0.5, 0.6) is 0 Å². The van der Waals surface area contributed by atoms with Gasteiger partial charge in [0.05, 0.1) is 5.69 Å². The van der Waals surface area contributed by atoms with Crippen LogP contribution in [0.3, 0.4) is 0 Å².